The van der Waals surface area contributed by atoms with Crippen molar-refractivity contribution in [2.45, 2.75) is 75.8 Å². The van der Waals surface area contributed by atoms with Gasteiger partial charge in [0.2, 0.25) is 0 Å². The van der Waals surface area contributed by atoms with Gasteiger partial charge in [-0.3, -0.25) is 5.32 Å². The number of nitrogens with zero attached hydrogens (tertiary/aromatic N) is 2. The fourth-order valence-corrected chi connectivity index (χ4v) is 5.97. The van der Waals surface area contributed by atoms with Crippen LogP contribution in [0.5, 0.6) is 0 Å². The Hall–Kier alpha value is -1.40. The first-order valence-electron chi connectivity index (χ1n) is 10.5. The number of benzene rings is 1. The zero-order chi connectivity index (χ0) is 19.3. The minimum absolute atomic E-state index is 0.0388. The Morgan fingerprint density at radius 3 is 2.32 bits per heavy atom. The summed E-state index contributed by atoms with van der Waals surface area (Å²) in [6.07, 6.45) is 12.3. The maximum Gasteiger partial charge on any atom is 0.324 e. The van der Waals surface area contributed by atoms with Crippen LogP contribution in [0.2, 0.25) is 0 Å². The lowest BCUT2D eigenvalue weighted by Crippen LogP contribution is -2.50. The van der Waals surface area contributed by atoms with Gasteiger partial charge in [-0.15, -0.1) is 0 Å². The molecule has 28 heavy (non-hydrogen) atoms. The molecular formula is C22H28BrN3OS. The van der Waals surface area contributed by atoms with E-state index < -0.39 is 0 Å². The molecule has 2 fully saturated rings. The quantitative estimate of drug-likeness (QED) is 0.543. The molecule has 0 radical (unpaired) electrons. The number of hydrogen-bond acceptors (Lipinski definition) is 3. The van der Waals surface area contributed by atoms with Gasteiger partial charge >= 0.3 is 6.03 Å². The maximum atomic E-state index is 13.2. The van der Waals surface area contributed by atoms with Crippen molar-refractivity contribution in [3.05, 3.63) is 45.9 Å². The molecule has 4 nitrogen and oxygen atoms in total. The minimum atomic E-state index is 0.0388. The number of hydrogen-bond donors (Lipinski definition) is 1. The zero-order valence-electron chi connectivity index (χ0n) is 16.1. The Morgan fingerprint density at radius 1 is 1.00 bits per heavy atom. The van der Waals surface area contributed by atoms with E-state index in [2.05, 4.69) is 61.5 Å². The van der Waals surface area contributed by atoms with Crippen LogP contribution in [-0.2, 0) is 0 Å². The van der Waals surface area contributed by atoms with Crippen LogP contribution < -0.4 is 5.32 Å². The van der Waals surface area contributed by atoms with Crippen molar-refractivity contribution in [3.63, 3.8) is 0 Å². The molecular weight excluding hydrogens is 434 g/mol. The monoisotopic (exact) mass is 461 g/mol. The lowest BCUT2D eigenvalue weighted by molar-refractivity contribution is 0.110. The Bertz CT molecular complexity index is 767. The van der Waals surface area contributed by atoms with Crippen LogP contribution in [0, 0.1) is 0 Å². The second-order valence-electron chi connectivity index (χ2n) is 8.01. The van der Waals surface area contributed by atoms with Crippen molar-refractivity contribution in [2.75, 3.05) is 5.32 Å². The number of carbonyl (C=O) groups excluding carboxylic acids is 1. The van der Waals surface area contributed by atoms with E-state index in [1.807, 2.05) is 0 Å². The summed E-state index contributed by atoms with van der Waals surface area (Å²) in [5.41, 5.74) is 1.45. The standard InChI is InChI=1S/C22H28BrN3OS/c23-20-15-24-21(28-20)25-22(27)26(18-9-5-2-6-10-18)19-13-11-17(12-14-19)16-7-3-1-4-8-16/h1,3-4,7-8,15,17-19H,2,5-6,9-14H2,(H,24,25,27). The van der Waals surface area contributed by atoms with E-state index in [4.69, 9.17) is 0 Å². The van der Waals surface area contributed by atoms with Gasteiger partial charge in [-0.05, 0) is 65.9 Å². The predicted molar refractivity (Wildman–Crippen MR) is 119 cm³/mol. The van der Waals surface area contributed by atoms with Gasteiger partial charge in [-0.1, -0.05) is 60.9 Å². The number of thiazole rings is 1. The first-order chi connectivity index (χ1) is 13.7. The molecule has 2 saturated carbocycles. The molecule has 1 aromatic carbocycles. The molecule has 1 heterocycles. The number of carbonyl (C=O) groups is 1. The summed E-state index contributed by atoms with van der Waals surface area (Å²) >= 11 is 4.90. The van der Waals surface area contributed by atoms with Crippen LogP contribution in [0.4, 0.5) is 9.93 Å². The van der Waals surface area contributed by atoms with Crippen LogP contribution >= 0.6 is 27.3 Å². The number of rotatable bonds is 4. The van der Waals surface area contributed by atoms with Crippen molar-refractivity contribution in [1.82, 2.24) is 9.88 Å². The van der Waals surface area contributed by atoms with Crippen molar-refractivity contribution in [2.24, 2.45) is 0 Å². The van der Waals surface area contributed by atoms with E-state index in [1.54, 1.807) is 6.20 Å². The van der Waals surface area contributed by atoms with Crippen LogP contribution in [0.3, 0.4) is 0 Å². The van der Waals surface area contributed by atoms with Crippen molar-refractivity contribution in [1.29, 1.82) is 0 Å². The van der Waals surface area contributed by atoms with E-state index in [-0.39, 0.29) is 6.03 Å². The van der Waals surface area contributed by atoms with Crippen LogP contribution in [0.15, 0.2) is 40.3 Å². The largest absolute Gasteiger partial charge is 0.324 e. The van der Waals surface area contributed by atoms with Crippen molar-refractivity contribution in [3.8, 4) is 0 Å². The number of nitrogens with one attached hydrogen (secondary N) is 1. The molecule has 0 bridgehead atoms. The first kappa shape index (κ1) is 19.9. The molecule has 0 spiro atoms. The lowest BCUT2D eigenvalue weighted by Gasteiger charge is -2.42. The summed E-state index contributed by atoms with van der Waals surface area (Å²) in [5, 5.41) is 3.74. The highest BCUT2D eigenvalue weighted by molar-refractivity contribution is 9.11. The smallest absolute Gasteiger partial charge is 0.319 e. The average Bonchev–Trinajstić information content (AvgIpc) is 3.15. The molecule has 0 atom stereocenters. The topological polar surface area (TPSA) is 45.2 Å². The molecule has 2 aromatic rings. The fraction of sp³-hybridized carbons (Fsp3) is 0.545. The predicted octanol–water partition coefficient (Wildman–Crippen LogP) is 6.80. The molecule has 0 saturated heterocycles. The Morgan fingerprint density at radius 2 is 1.68 bits per heavy atom. The summed E-state index contributed by atoms with van der Waals surface area (Å²) in [6, 6.07) is 11.6. The zero-order valence-corrected chi connectivity index (χ0v) is 18.6. The third-order valence-corrected chi connectivity index (χ3v) is 7.65. The molecule has 1 aromatic heterocycles. The number of urea groups is 1. The van der Waals surface area contributed by atoms with E-state index in [0.29, 0.717) is 23.1 Å². The van der Waals surface area contributed by atoms with Gasteiger partial charge < -0.3 is 4.90 Å². The Labute approximate surface area is 179 Å². The summed E-state index contributed by atoms with van der Waals surface area (Å²) in [7, 11) is 0. The molecule has 0 aliphatic heterocycles. The third-order valence-electron chi connectivity index (χ3n) is 6.26. The summed E-state index contributed by atoms with van der Waals surface area (Å²) in [4.78, 5) is 19.7. The van der Waals surface area contributed by atoms with E-state index in [0.717, 1.165) is 42.3 Å². The number of aromatic nitrogens is 1. The van der Waals surface area contributed by atoms with E-state index in [1.165, 1.54) is 36.2 Å². The summed E-state index contributed by atoms with van der Waals surface area (Å²) < 4.78 is 0.940. The molecule has 0 unspecified atom stereocenters. The summed E-state index contributed by atoms with van der Waals surface area (Å²) in [5.74, 6) is 0.628. The molecule has 2 aliphatic rings. The van der Waals surface area contributed by atoms with Gasteiger partial charge in [0.15, 0.2) is 5.13 Å². The van der Waals surface area contributed by atoms with Gasteiger partial charge in [0.1, 0.15) is 0 Å². The number of anilines is 1. The minimum Gasteiger partial charge on any atom is -0.319 e. The molecule has 4 rings (SSSR count). The second kappa shape index (κ2) is 9.40. The fourth-order valence-electron chi connectivity index (χ4n) is 4.87. The molecule has 2 amide bonds. The molecule has 150 valence electrons. The number of amides is 2. The van der Waals surface area contributed by atoms with Crippen LogP contribution in [-0.4, -0.2) is 28.0 Å². The van der Waals surface area contributed by atoms with Crippen LogP contribution in [0.25, 0.3) is 0 Å². The van der Waals surface area contributed by atoms with Gasteiger partial charge in [-0.25, -0.2) is 9.78 Å². The Kier molecular flexibility index (Phi) is 6.68. The van der Waals surface area contributed by atoms with Gasteiger partial charge in [0, 0.05) is 12.1 Å². The van der Waals surface area contributed by atoms with Gasteiger partial charge in [-0.2, -0.15) is 0 Å². The normalized spacial score (nSPS) is 23.3. The Balaban J connectivity index is 1.45. The second-order valence-corrected chi connectivity index (χ2v) is 10.4. The average molecular weight is 462 g/mol. The SMILES string of the molecule is O=C(Nc1ncc(Br)s1)N(C1CCCCC1)C1CCC(c2ccccc2)CC1. The molecule has 1 N–H and O–H groups in total. The first-order valence-corrected chi connectivity index (χ1v) is 12.1. The summed E-state index contributed by atoms with van der Waals surface area (Å²) in [6.45, 7) is 0. The van der Waals surface area contributed by atoms with E-state index in [9.17, 15) is 4.79 Å². The van der Waals surface area contributed by atoms with Crippen LogP contribution in [0.1, 0.15) is 69.3 Å². The molecule has 2 aliphatic carbocycles. The number of halogens is 1. The highest BCUT2D eigenvalue weighted by atomic mass is 79.9. The lowest BCUT2D eigenvalue weighted by atomic mass is 9.80. The highest BCUT2D eigenvalue weighted by Crippen LogP contribution is 2.37. The van der Waals surface area contributed by atoms with Gasteiger partial charge in [0.25, 0.3) is 0 Å². The maximum absolute atomic E-state index is 13.2. The highest BCUT2D eigenvalue weighted by Gasteiger charge is 2.34. The molecule has 6 heteroatoms. The van der Waals surface area contributed by atoms with E-state index >= 15 is 0 Å². The third kappa shape index (κ3) is 4.77. The van der Waals surface area contributed by atoms with Crippen molar-refractivity contribution >= 4 is 38.4 Å². The van der Waals surface area contributed by atoms with Gasteiger partial charge in [0.05, 0.1) is 9.98 Å². The van der Waals surface area contributed by atoms with Crippen molar-refractivity contribution < 1.29 is 4.79 Å².